The second-order valence-corrected chi connectivity index (χ2v) is 2.43. The number of hydrogen-bond acceptors (Lipinski definition) is 4. The zero-order valence-electron chi connectivity index (χ0n) is 7.41. The molecule has 0 aliphatic rings. The van der Waals surface area contributed by atoms with Crippen molar-refractivity contribution in [2.24, 2.45) is 0 Å². The first kappa shape index (κ1) is 9.81. The standard InChI is InChI=1S/C10H8N2.N2/c1-3-7-11-9(5-1)10-6-2-4-8-12-10;1-2/h1-8H;. The summed E-state index contributed by atoms with van der Waals surface area (Å²) in [6.45, 7) is 0. The minimum Gasteiger partial charge on any atom is -0.255 e. The molecule has 4 heteroatoms. The van der Waals surface area contributed by atoms with E-state index in [2.05, 4.69) is 9.97 Å². The molecule has 0 radical (unpaired) electrons. The maximum atomic E-state index is 6.00. The van der Waals surface area contributed by atoms with Gasteiger partial charge >= 0.3 is 0 Å². The van der Waals surface area contributed by atoms with Gasteiger partial charge in [-0.05, 0) is 24.3 Å². The molecule has 0 fully saturated rings. The van der Waals surface area contributed by atoms with Crippen molar-refractivity contribution < 1.29 is 0 Å². The second-order valence-electron chi connectivity index (χ2n) is 2.43. The van der Waals surface area contributed by atoms with E-state index in [0.29, 0.717) is 0 Å². The van der Waals surface area contributed by atoms with Gasteiger partial charge in [0.15, 0.2) is 0 Å². The highest BCUT2D eigenvalue weighted by Gasteiger charge is 1.95. The Morgan fingerprint density at radius 1 is 0.714 bits per heavy atom. The molecule has 0 atom stereocenters. The maximum absolute atomic E-state index is 6.00. The lowest BCUT2D eigenvalue weighted by molar-refractivity contribution is 1.15. The molecule has 0 N–H and O–H groups in total. The monoisotopic (exact) mass is 184 g/mol. The molecule has 0 aromatic carbocycles. The Balaban J connectivity index is 0.000000461. The summed E-state index contributed by atoms with van der Waals surface area (Å²) in [6, 6.07) is 11.6. The van der Waals surface area contributed by atoms with Gasteiger partial charge in [-0.25, -0.2) is 0 Å². The summed E-state index contributed by atoms with van der Waals surface area (Å²) in [7, 11) is 0. The minimum absolute atomic E-state index is 0.915. The molecule has 2 aromatic rings. The van der Waals surface area contributed by atoms with Gasteiger partial charge in [0.1, 0.15) is 0 Å². The lowest BCUT2D eigenvalue weighted by Gasteiger charge is -1.96. The zero-order chi connectivity index (χ0) is 10.2. The molecule has 2 rings (SSSR count). The van der Waals surface area contributed by atoms with Gasteiger partial charge in [-0.2, -0.15) is 0 Å². The number of aromatic nitrogens is 2. The zero-order valence-corrected chi connectivity index (χ0v) is 7.41. The molecule has 2 aromatic heterocycles. The highest BCUT2D eigenvalue weighted by Crippen LogP contribution is 2.10. The van der Waals surface area contributed by atoms with Crippen LogP contribution in [-0.2, 0) is 0 Å². The van der Waals surface area contributed by atoms with Gasteiger partial charge in [-0.1, -0.05) is 12.1 Å². The van der Waals surface area contributed by atoms with Crippen LogP contribution in [-0.4, -0.2) is 9.97 Å². The average molecular weight is 184 g/mol. The minimum atomic E-state index is 0.915. The fourth-order valence-corrected chi connectivity index (χ4v) is 1.03. The third-order valence-corrected chi connectivity index (χ3v) is 1.59. The summed E-state index contributed by atoms with van der Waals surface area (Å²) >= 11 is 0. The fourth-order valence-electron chi connectivity index (χ4n) is 1.03. The van der Waals surface area contributed by atoms with Crippen LogP contribution in [0.2, 0.25) is 0 Å². The topological polar surface area (TPSA) is 73.4 Å². The molecule has 4 nitrogen and oxygen atoms in total. The van der Waals surface area contributed by atoms with Crippen LogP contribution in [0.1, 0.15) is 0 Å². The SMILES string of the molecule is N#N.c1ccc(-c2ccccn2)nc1. The van der Waals surface area contributed by atoms with E-state index in [-0.39, 0.29) is 0 Å². The van der Waals surface area contributed by atoms with Crippen LogP contribution in [0.4, 0.5) is 0 Å². The van der Waals surface area contributed by atoms with Gasteiger partial charge in [0.25, 0.3) is 0 Å². The van der Waals surface area contributed by atoms with Crippen LogP contribution < -0.4 is 0 Å². The molecule has 0 amide bonds. The predicted molar refractivity (Wildman–Crippen MR) is 50.9 cm³/mol. The summed E-state index contributed by atoms with van der Waals surface area (Å²) in [6.07, 6.45) is 3.54. The van der Waals surface area contributed by atoms with E-state index >= 15 is 0 Å². The molecule has 0 saturated carbocycles. The molecule has 0 aliphatic carbocycles. The normalized spacial score (nSPS) is 8.43. The van der Waals surface area contributed by atoms with Crippen LogP contribution in [0.25, 0.3) is 11.4 Å². The lowest BCUT2D eigenvalue weighted by Crippen LogP contribution is -1.83. The fraction of sp³-hybridized carbons (Fsp3) is 0. The molecule has 0 aliphatic heterocycles. The van der Waals surface area contributed by atoms with E-state index in [1.165, 1.54) is 0 Å². The van der Waals surface area contributed by atoms with Crippen molar-refractivity contribution in [1.29, 1.82) is 10.8 Å². The summed E-state index contributed by atoms with van der Waals surface area (Å²) in [4.78, 5) is 8.37. The van der Waals surface area contributed by atoms with Crippen LogP contribution in [0.15, 0.2) is 48.8 Å². The van der Waals surface area contributed by atoms with E-state index in [4.69, 9.17) is 10.8 Å². The van der Waals surface area contributed by atoms with Crippen molar-refractivity contribution in [3.05, 3.63) is 48.8 Å². The number of hydrogen-bond donors (Lipinski definition) is 0. The van der Waals surface area contributed by atoms with Gasteiger partial charge in [-0.3, -0.25) is 9.97 Å². The third-order valence-electron chi connectivity index (χ3n) is 1.59. The Morgan fingerprint density at radius 2 is 1.14 bits per heavy atom. The predicted octanol–water partition coefficient (Wildman–Crippen LogP) is 2.17. The van der Waals surface area contributed by atoms with Crippen molar-refractivity contribution >= 4 is 0 Å². The van der Waals surface area contributed by atoms with Crippen molar-refractivity contribution in [3.63, 3.8) is 0 Å². The van der Waals surface area contributed by atoms with E-state index in [1.807, 2.05) is 36.4 Å². The third kappa shape index (κ3) is 2.35. The highest BCUT2D eigenvalue weighted by molar-refractivity contribution is 5.52. The van der Waals surface area contributed by atoms with Crippen molar-refractivity contribution in [3.8, 4) is 11.4 Å². The number of pyridine rings is 2. The number of rotatable bonds is 1. The molecular formula is C10H8N4. The Bertz CT molecular complexity index is 345. The molecule has 14 heavy (non-hydrogen) atoms. The molecule has 0 bridgehead atoms. The Morgan fingerprint density at radius 3 is 1.43 bits per heavy atom. The van der Waals surface area contributed by atoms with E-state index < -0.39 is 0 Å². The molecule has 68 valence electrons. The molecule has 0 spiro atoms. The van der Waals surface area contributed by atoms with E-state index in [0.717, 1.165) is 11.4 Å². The average Bonchev–Trinajstić information content (AvgIpc) is 2.34. The van der Waals surface area contributed by atoms with Crippen molar-refractivity contribution in [1.82, 2.24) is 9.97 Å². The second kappa shape index (κ2) is 5.38. The number of nitrogens with zero attached hydrogens (tertiary/aromatic N) is 4. The van der Waals surface area contributed by atoms with Crippen molar-refractivity contribution in [2.75, 3.05) is 0 Å². The largest absolute Gasteiger partial charge is 0.255 e. The lowest BCUT2D eigenvalue weighted by atomic mass is 10.2. The Kier molecular flexibility index (Phi) is 3.77. The first-order valence-electron chi connectivity index (χ1n) is 3.99. The van der Waals surface area contributed by atoms with Crippen molar-refractivity contribution in [2.45, 2.75) is 0 Å². The Hall–Kier alpha value is -2.28. The van der Waals surface area contributed by atoms with Gasteiger partial charge in [-0.15, -0.1) is 0 Å². The smallest absolute Gasteiger partial charge is 0.0886 e. The van der Waals surface area contributed by atoms with Crippen LogP contribution in [0.3, 0.4) is 0 Å². The molecule has 0 saturated heterocycles. The van der Waals surface area contributed by atoms with Crippen LogP contribution >= 0.6 is 0 Å². The van der Waals surface area contributed by atoms with Gasteiger partial charge < -0.3 is 0 Å². The van der Waals surface area contributed by atoms with E-state index in [9.17, 15) is 0 Å². The van der Waals surface area contributed by atoms with E-state index in [1.54, 1.807) is 12.4 Å². The first-order valence-corrected chi connectivity index (χ1v) is 3.99. The first-order chi connectivity index (χ1) is 6.97. The summed E-state index contributed by atoms with van der Waals surface area (Å²) < 4.78 is 0. The molecule has 0 unspecified atom stereocenters. The van der Waals surface area contributed by atoms with Crippen LogP contribution in [0, 0.1) is 10.8 Å². The van der Waals surface area contributed by atoms with Crippen LogP contribution in [0.5, 0.6) is 0 Å². The van der Waals surface area contributed by atoms with Gasteiger partial charge in [0.2, 0.25) is 0 Å². The van der Waals surface area contributed by atoms with Gasteiger partial charge in [0, 0.05) is 23.2 Å². The quantitative estimate of drug-likeness (QED) is 0.636. The maximum Gasteiger partial charge on any atom is 0.0886 e. The molecule has 2 heterocycles. The van der Waals surface area contributed by atoms with Gasteiger partial charge in [0.05, 0.1) is 11.4 Å². The summed E-state index contributed by atoms with van der Waals surface area (Å²) in [5.74, 6) is 0. The Labute approximate surface area is 81.7 Å². The highest BCUT2D eigenvalue weighted by atomic mass is 14.7. The summed E-state index contributed by atoms with van der Waals surface area (Å²) in [5, 5.41) is 12.0. The molecular weight excluding hydrogens is 176 g/mol. The summed E-state index contributed by atoms with van der Waals surface area (Å²) in [5.41, 5.74) is 1.83.